The highest BCUT2D eigenvalue weighted by Crippen LogP contribution is 2.12. The van der Waals surface area contributed by atoms with Crippen LogP contribution in [0, 0.1) is 0 Å². The predicted octanol–water partition coefficient (Wildman–Crippen LogP) is 4.11. The third-order valence-corrected chi connectivity index (χ3v) is 3.18. The van der Waals surface area contributed by atoms with E-state index >= 15 is 0 Å². The summed E-state index contributed by atoms with van der Waals surface area (Å²) >= 11 is 3.39. The van der Waals surface area contributed by atoms with Crippen LogP contribution in [0.5, 0.6) is 0 Å². The summed E-state index contributed by atoms with van der Waals surface area (Å²) in [6.45, 7) is 8.13. The Morgan fingerprint density at radius 2 is 1.61 bits per heavy atom. The summed E-state index contributed by atoms with van der Waals surface area (Å²) in [6, 6.07) is 8.31. The van der Waals surface area contributed by atoms with E-state index in [1.165, 1.54) is 0 Å². The molecule has 0 unspecified atom stereocenters. The molecule has 0 aliphatic heterocycles. The van der Waals surface area contributed by atoms with Crippen LogP contribution in [0.4, 0.5) is 0 Å². The zero-order chi connectivity index (χ0) is 13.7. The van der Waals surface area contributed by atoms with Crippen LogP contribution in [-0.2, 0) is 4.79 Å². The molecule has 0 saturated carbocycles. The predicted molar refractivity (Wildman–Crippen MR) is 80.3 cm³/mol. The third kappa shape index (κ3) is 4.30. The molecule has 0 bridgehead atoms. The number of carbonyl (C=O) groups is 1. The molecule has 18 heavy (non-hydrogen) atoms. The molecule has 0 aliphatic rings. The van der Waals surface area contributed by atoms with Gasteiger partial charge in [0.05, 0.1) is 0 Å². The molecule has 0 aromatic heterocycles. The van der Waals surface area contributed by atoms with Gasteiger partial charge in [-0.15, -0.1) is 0 Å². The SMILES string of the molecule is CC(C)N(C(=O)C=Cc1ccc(Br)cc1)C(C)C. The Kier molecular flexibility index (Phi) is 5.60. The molecule has 0 atom stereocenters. The van der Waals surface area contributed by atoms with Gasteiger partial charge in [-0.25, -0.2) is 0 Å². The number of carbonyl (C=O) groups excluding carboxylic acids is 1. The Labute approximate surface area is 118 Å². The normalized spacial score (nSPS) is 11.5. The zero-order valence-corrected chi connectivity index (χ0v) is 12.9. The highest BCUT2D eigenvalue weighted by molar-refractivity contribution is 9.10. The summed E-state index contributed by atoms with van der Waals surface area (Å²) in [5.74, 6) is 0.0583. The molecule has 0 spiro atoms. The monoisotopic (exact) mass is 309 g/mol. The van der Waals surface area contributed by atoms with E-state index < -0.39 is 0 Å². The molecule has 2 nitrogen and oxygen atoms in total. The van der Waals surface area contributed by atoms with Gasteiger partial charge in [-0.05, 0) is 51.5 Å². The van der Waals surface area contributed by atoms with Crippen molar-refractivity contribution in [1.82, 2.24) is 4.90 Å². The number of amides is 1. The van der Waals surface area contributed by atoms with Crippen molar-refractivity contribution in [2.24, 2.45) is 0 Å². The molecule has 0 fully saturated rings. The molecular formula is C15H20BrNO. The van der Waals surface area contributed by atoms with Gasteiger partial charge in [0.2, 0.25) is 5.91 Å². The van der Waals surface area contributed by atoms with E-state index in [1.54, 1.807) is 6.08 Å². The van der Waals surface area contributed by atoms with E-state index in [1.807, 2.05) is 62.9 Å². The van der Waals surface area contributed by atoms with E-state index in [-0.39, 0.29) is 18.0 Å². The lowest BCUT2D eigenvalue weighted by Crippen LogP contribution is -2.41. The van der Waals surface area contributed by atoms with Crippen molar-refractivity contribution in [3.63, 3.8) is 0 Å². The summed E-state index contributed by atoms with van der Waals surface area (Å²) < 4.78 is 1.04. The minimum Gasteiger partial charge on any atom is -0.334 e. The highest BCUT2D eigenvalue weighted by Gasteiger charge is 2.17. The molecular weight excluding hydrogens is 290 g/mol. The molecule has 0 heterocycles. The summed E-state index contributed by atoms with van der Waals surface area (Å²) in [5, 5.41) is 0. The molecule has 0 N–H and O–H groups in total. The van der Waals surface area contributed by atoms with Gasteiger partial charge in [0.15, 0.2) is 0 Å². The average molecular weight is 310 g/mol. The topological polar surface area (TPSA) is 20.3 Å². The van der Waals surface area contributed by atoms with Crippen LogP contribution in [0.1, 0.15) is 33.3 Å². The second kappa shape index (κ2) is 6.74. The lowest BCUT2D eigenvalue weighted by Gasteiger charge is -2.29. The Bertz CT molecular complexity index is 413. The maximum Gasteiger partial charge on any atom is 0.247 e. The first-order valence-corrected chi connectivity index (χ1v) is 6.97. The fourth-order valence-corrected chi connectivity index (χ4v) is 2.20. The van der Waals surface area contributed by atoms with Gasteiger partial charge in [0, 0.05) is 22.6 Å². The number of nitrogens with zero attached hydrogens (tertiary/aromatic N) is 1. The fraction of sp³-hybridized carbons (Fsp3) is 0.400. The lowest BCUT2D eigenvalue weighted by atomic mass is 10.2. The molecule has 1 amide bonds. The van der Waals surface area contributed by atoms with E-state index in [9.17, 15) is 4.79 Å². The van der Waals surface area contributed by atoms with Crippen LogP contribution in [-0.4, -0.2) is 22.9 Å². The van der Waals surface area contributed by atoms with Crippen molar-refractivity contribution in [2.75, 3.05) is 0 Å². The highest BCUT2D eigenvalue weighted by atomic mass is 79.9. The van der Waals surface area contributed by atoms with Gasteiger partial charge in [-0.3, -0.25) is 4.79 Å². The van der Waals surface area contributed by atoms with Crippen LogP contribution < -0.4 is 0 Å². The van der Waals surface area contributed by atoms with Gasteiger partial charge < -0.3 is 4.90 Å². The first-order chi connectivity index (χ1) is 8.41. The third-order valence-electron chi connectivity index (χ3n) is 2.66. The van der Waals surface area contributed by atoms with E-state index in [4.69, 9.17) is 0 Å². The van der Waals surface area contributed by atoms with Crippen LogP contribution in [0.25, 0.3) is 6.08 Å². The van der Waals surface area contributed by atoms with Crippen LogP contribution in [0.3, 0.4) is 0 Å². The van der Waals surface area contributed by atoms with Crippen molar-refractivity contribution in [3.05, 3.63) is 40.4 Å². The fourth-order valence-electron chi connectivity index (χ4n) is 1.93. The van der Waals surface area contributed by atoms with Crippen LogP contribution in [0.2, 0.25) is 0 Å². The molecule has 0 radical (unpaired) electrons. The molecule has 1 rings (SSSR count). The quantitative estimate of drug-likeness (QED) is 0.767. The maximum absolute atomic E-state index is 12.1. The smallest absolute Gasteiger partial charge is 0.247 e. The van der Waals surface area contributed by atoms with Crippen LogP contribution in [0.15, 0.2) is 34.8 Å². The number of benzene rings is 1. The summed E-state index contributed by atoms with van der Waals surface area (Å²) in [4.78, 5) is 14.0. The van der Waals surface area contributed by atoms with E-state index in [0.29, 0.717) is 0 Å². The lowest BCUT2D eigenvalue weighted by molar-refractivity contribution is -0.129. The zero-order valence-electron chi connectivity index (χ0n) is 11.4. The molecule has 0 aliphatic carbocycles. The Hall–Kier alpha value is -1.09. The summed E-state index contributed by atoms with van der Waals surface area (Å²) in [7, 11) is 0. The molecule has 0 saturated heterocycles. The average Bonchev–Trinajstić information content (AvgIpc) is 2.27. The standard InChI is InChI=1S/C15H20BrNO/c1-11(2)17(12(3)4)15(18)10-7-13-5-8-14(16)9-6-13/h5-12H,1-4H3. The second-order valence-corrected chi connectivity index (χ2v) is 5.73. The summed E-state index contributed by atoms with van der Waals surface area (Å²) in [5.41, 5.74) is 1.03. The maximum atomic E-state index is 12.1. The van der Waals surface area contributed by atoms with Gasteiger partial charge in [0.25, 0.3) is 0 Å². The molecule has 1 aromatic rings. The van der Waals surface area contributed by atoms with Crippen molar-refractivity contribution in [1.29, 1.82) is 0 Å². The Morgan fingerprint density at radius 3 is 2.06 bits per heavy atom. The second-order valence-electron chi connectivity index (χ2n) is 4.82. The summed E-state index contributed by atoms with van der Waals surface area (Å²) in [6.07, 6.45) is 3.50. The Morgan fingerprint density at radius 1 is 1.11 bits per heavy atom. The van der Waals surface area contributed by atoms with Crippen LogP contribution >= 0.6 is 15.9 Å². The molecule has 1 aromatic carbocycles. The number of hydrogen-bond acceptors (Lipinski definition) is 1. The van der Waals surface area contributed by atoms with Crippen molar-refractivity contribution < 1.29 is 4.79 Å². The van der Waals surface area contributed by atoms with Gasteiger partial charge in [0.1, 0.15) is 0 Å². The number of halogens is 1. The molecule has 98 valence electrons. The number of rotatable bonds is 4. The van der Waals surface area contributed by atoms with Gasteiger partial charge in [-0.2, -0.15) is 0 Å². The molecule has 3 heteroatoms. The number of hydrogen-bond donors (Lipinski definition) is 0. The van der Waals surface area contributed by atoms with E-state index in [0.717, 1.165) is 10.0 Å². The first kappa shape index (κ1) is 15.0. The first-order valence-electron chi connectivity index (χ1n) is 6.17. The minimum absolute atomic E-state index is 0.0583. The van der Waals surface area contributed by atoms with Gasteiger partial charge in [-0.1, -0.05) is 28.1 Å². The largest absolute Gasteiger partial charge is 0.334 e. The van der Waals surface area contributed by atoms with Crippen molar-refractivity contribution >= 4 is 27.9 Å². The van der Waals surface area contributed by atoms with Gasteiger partial charge >= 0.3 is 0 Å². The Balaban J connectivity index is 2.77. The minimum atomic E-state index is 0.0583. The van der Waals surface area contributed by atoms with E-state index in [2.05, 4.69) is 15.9 Å². The van der Waals surface area contributed by atoms with Crippen molar-refractivity contribution in [3.8, 4) is 0 Å². The van der Waals surface area contributed by atoms with Crippen molar-refractivity contribution in [2.45, 2.75) is 39.8 Å².